The summed E-state index contributed by atoms with van der Waals surface area (Å²) in [6.07, 6.45) is 62.2. The number of carbonyl (C=O) groups excluding carboxylic acids is 2. The Morgan fingerprint density at radius 1 is 0.494 bits per heavy atom. The van der Waals surface area contributed by atoms with Gasteiger partial charge >= 0.3 is 5.97 Å². The van der Waals surface area contributed by atoms with E-state index in [0.717, 1.165) is 83.5 Å². The lowest BCUT2D eigenvalue weighted by Crippen LogP contribution is -2.61. The molecule has 1 fully saturated rings. The average Bonchev–Trinajstić information content (AvgIpc) is 3.44. The molecule has 79 heavy (non-hydrogen) atoms. The Balaban J connectivity index is 2.61. The van der Waals surface area contributed by atoms with Crippen molar-refractivity contribution in [1.82, 2.24) is 5.32 Å². The van der Waals surface area contributed by atoms with E-state index in [-0.39, 0.29) is 19.4 Å². The number of unbranched alkanes of at least 4 members (excludes halogenated alkanes) is 28. The van der Waals surface area contributed by atoms with E-state index in [0.29, 0.717) is 12.8 Å². The molecule has 1 saturated heterocycles. The van der Waals surface area contributed by atoms with E-state index < -0.39 is 67.4 Å². The summed E-state index contributed by atoms with van der Waals surface area (Å²) >= 11 is 0. The van der Waals surface area contributed by atoms with Crippen LogP contribution in [0.3, 0.4) is 0 Å². The molecule has 0 aliphatic carbocycles. The number of rotatable bonds is 54. The molecule has 8 unspecified atom stereocenters. The molecular weight excluding hydrogens is 991 g/mol. The molecule has 1 heterocycles. The van der Waals surface area contributed by atoms with Crippen LogP contribution in [0.5, 0.6) is 0 Å². The van der Waals surface area contributed by atoms with Gasteiger partial charge in [-0.3, -0.25) is 9.59 Å². The second-order valence-corrected chi connectivity index (χ2v) is 22.1. The fraction of sp³-hybridized carbons (Fsp3) is 0.765. The zero-order valence-corrected chi connectivity index (χ0v) is 50.5. The van der Waals surface area contributed by atoms with Gasteiger partial charge in [0.1, 0.15) is 24.4 Å². The minimum atomic E-state index is -1.64. The lowest BCUT2D eigenvalue weighted by molar-refractivity contribution is -0.305. The molecule has 0 aromatic heterocycles. The van der Waals surface area contributed by atoms with Crippen molar-refractivity contribution in [3.8, 4) is 0 Å². The first-order chi connectivity index (χ1) is 38.7. The Morgan fingerprint density at radius 3 is 1.33 bits per heavy atom. The van der Waals surface area contributed by atoms with Gasteiger partial charge in [-0.1, -0.05) is 260 Å². The van der Waals surface area contributed by atoms with Gasteiger partial charge in [-0.15, -0.1) is 0 Å². The predicted molar refractivity (Wildman–Crippen MR) is 329 cm³/mol. The number of esters is 1. The third-order valence-corrected chi connectivity index (χ3v) is 14.8. The maximum atomic E-state index is 13.4. The second kappa shape index (κ2) is 55.4. The van der Waals surface area contributed by atoms with Crippen LogP contribution in [0.2, 0.25) is 0 Å². The van der Waals surface area contributed by atoms with Crippen molar-refractivity contribution in [3.63, 3.8) is 0 Å². The molecule has 0 aromatic rings. The molecule has 0 radical (unpaired) electrons. The van der Waals surface area contributed by atoms with Gasteiger partial charge in [0.15, 0.2) is 12.4 Å². The van der Waals surface area contributed by atoms with Gasteiger partial charge in [0.2, 0.25) is 5.91 Å². The molecule has 0 aromatic carbocycles. The number of amides is 1. The summed E-state index contributed by atoms with van der Waals surface area (Å²) in [5, 5.41) is 56.9. The van der Waals surface area contributed by atoms with Gasteiger partial charge in [0.05, 0.1) is 25.4 Å². The van der Waals surface area contributed by atoms with Crippen LogP contribution in [0.25, 0.3) is 0 Å². The summed E-state index contributed by atoms with van der Waals surface area (Å²) in [7, 11) is 0. The SMILES string of the molecule is CCCCC/C=C\C/C=C\C/C=C\C/C=C\CCCCCCCCCCCCC(O)C(=O)NC(COC1OC(CO)C(O)C(O)C1OC(=O)CC/C=C/C/C=C\CCCCCCCC)C(O)/C=C/CCCCCCCCCCC. The van der Waals surface area contributed by atoms with E-state index >= 15 is 0 Å². The molecule has 456 valence electrons. The molecule has 11 heteroatoms. The number of hydrogen-bond acceptors (Lipinski definition) is 10. The van der Waals surface area contributed by atoms with E-state index in [1.807, 2.05) is 18.2 Å². The molecule has 1 aliphatic rings. The topological polar surface area (TPSA) is 175 Å². The number of hydrogen-bond donors (Lipinski definition) is 6. The quantitative estimate of drug-likeness (QED) is 0.0195. The fourth-order valence-corrected chi connectivity index (χ4v) is 9.63. The van der Waals surface area contributed by atoms with Gasteiger partial charge in [-0.05, 0) is 89.9 Å². The van der Waals surface area contributed by atoms with Crippen LogP contribution in [0.4, 0.5) is 0 Å². The minimum absolute atomic E-state index is 0.0150. The van der Waals surface area contributed by atoms with Crippen LogP contribution in [-0.2, 0) is 23.8 Å². The number of nitrogens with one attached hydrogen (secondary N) is 1. The van der Waals surface area contributed by atoms with E-state index in [4.69, 9.17) is 14.2 Å². The highest BCUT2D eigenvalue weighted by Crippen LogP contribution is 2.26. The number of ether oxygens (including phenoxy) is 3. The Labute approximate surface area is 483 Å². The average molecular weight is 1110 g/mol. The van der Waals surface area contributed by atoms with Crippen LogP contribution in [0.15, 0.2) is 85.1 Å². The minimum Gasteiger partial charge on any atom is -0.454 e. The first-order valence-corrected chi connectivity index (χ1v) is 32.4. The van der Waals surface area contributed by atoms with Gasteiger partial charge in [-0.25, -0.2) is 0 Å². The van der Waals surface area contributed by atoms with Crippen LogP contribution >= 0.6 is 0 Å². The molecule has 1 aliphatic heterocycles. The molecule has 1 rings (SSSR count). The Morgan fingerprint density at radius 2 is 0.873 bits per heavy atom. The van der Waals surface area contributed by atoms with E-state index in [1.54, 1.807) is 6.08 Å². The summed E-state index contributed by atoms with van der Waals surface area (Å²) < 4.78 is 17.5. The van der Waals surface area contributed by atoms with E-state index in [9.17, 15) is 35.1 Å². The van der Waals surface area contributed by atoms with Gasteiger partial charge in [-0.2, -0.15) is 0 Å². The van der Waals surface area contributed by atoms with Crippen molar-refractivity contribution in [2.45, 2.75) is 320 Å². The summed E-state index contributed by atoms with van der Waals surface area (Å²) in [4.78, 5) is 26.5. The van der Waals surface area contributed by atoms with Gasteiger partial charge in [0.25, 0.3) is 0 Å². The Hall–Kier alpha value is -3.16. The molecule has 11 nitrogen and oxygen atoms in total. The smallest absolute Gasteiger partial charge is 0.306 e. The van der Waals surface area contributed by atoms with Crippen LogP contribution in [-0.4, -0.2) is 99.6 Å². The standard InChI is InChI=1S/C68H119NO10/c1-4-7-10-13-16-19-22-24-25-26-27-28-29-30-31-32-33-34-35-36-38-40-43-46-49-52-55-61(72)67(76)69-59(60(71)54-51-48-45-42-39-21-18-15-12-9-6-3)58-77-68-66(65(75)64(74)62(57-70)78-68)79-63(73)56-53-50-47-44-41-37-23-20-17-14-11-8-5-2/h16,19,24-25,27-28,30-31,37,41,47,50-51,54,59-62,64-66,68,70-72,74-75H,4-15,17-18,20-23,26,29,32-36,38-40,42-46,48-49,52-53,55-58H2,1-3H3,(H,69,76)/b19-16-,25-24-,28-27-,31-30-,41-37-,50-47+,54-51+. The van der Waals surface area contributed by atoms with Crippen molar-refractivity contribution in [1.29, 1.82) is 0 Å². The molecule has 0 bridgehead atoms. The predicted octanol–water partition coefficient (Wildman–Crippen LogP) is 15.7. The number of aliphatic hydroxyl groups excluding tert-OH is 5. The molecule has 0 saturated carbocycles. The Kier molecular flexibility index (Phi) is 51.8. The third-order valence-electron chi connectivity index (χ3n) is 14.8. The van der Waals surface area contributed by atoms with Crippen LogP contribution in [0.1, 0.15) is 271 Å². The Bertz CT molecular complexity index is 1610. The van der Waals surface area contributed by atoms with Crippen molar-refractivity contribution in [2.24, 2.45) is 0 Å². The largest absolute Gasteiger partial charge is 0.454 e. The van der Waals surface area contributed by atoms with Crippen LogP contribution < -0.4 is 5.32 Å². The number of allylic oxidation sites excluding steroid dienone is 13. The third kappa shape index (κ3) is 43.2. The van der Waals surface area contributed by atoms with Crippen molar-refractivity contribution in [2.75, 3.05) is 13.2 Å². The summed E-state index contributed by atoms with van der Waals surface area (Å²) in [5.41, 5.74) is 0. The van der Waals surface area contributed by atoms with Gasteiger partial charge in [0, 0.05) is 6.42 Å². The highest BCUT2D eigenvalue weighted by atomic mass is 16.7. The molecule has 0 spiro atoms. The zero-order valence-electron chi connectivity index (χ0n) is 50.5. The maximum absolute atomic E-state index is 13.4. The zero-order chi connectivity index (χ0) is 57.5. The van der Waals surface area contributed by atoms with E-state index in [1.165, 1.54) is 141 Å². The van der Waals surface area contributed by atoms with E-state index in [2.05, 4.69) is 86.8 Å². The van der Waals surface area contributed by atoms with Crippen molar-refractivity contribution in [3.05, 3.63) is 85.1 Å². The highest BCUT2D eigenvalue weighted by Gasteiger charge is 2.47. The number of carbonyl (C=O) groups is 2. The van der Waals surface area contributed by atoms with Crippen LogP contribution in [0, 0.1) is 0 Å². The monoisotopic (exact) mass is 1110 g/mol. The maximum Gasteiger partial charge on any atom is 0.306 e. The summed E-state index contributed by atoms with van der Waals surface area (Å²) in [5.74, 6) is -1.27. The lowest BCUT2D eigenvalue weighted by atomic mass is 9.99. The first kappa shape index (κ1) is 73.9. The molecular formula is C68H119NO10. The molecule has 6 N–H and O–H groups in total. The molecule has 8 atom stereocenters. The first-order valence-electron chi connectivity index (χ1n) is 32.4. The van der Waals surface area contributed by atoms with Gasteiger partial charge < -0.3 is 45.1 Å². The molecule has 1 amide bonds. The summed E-state index contributed by atoms with van der Waals surface area (Å²) in [6.45, 7) is 5.71. The highest BCUT2D eigenvalue weighted by molar-refractivity contribution is 5.80. The summed E-state index contributed by atoms with van der Waals surface area (Å²) in [6, 6.07) is -1.04. The number of aliphatic hydroxyl groups is 5. The second-order valence-electron chi connectivity index (χ2n) is 22.1. The normalized spacial score (nSPS) is 19.4. The van der Waals surface area contributed by atoms with Crippen molar-refractivity contribution >= 4 is 11.9 Å². The lowest BCUT2D eigenvalue weighted by Gasteiger charge is -2.41. The van der Waals surface area contributed by atoms with Crippen molar-refractivity contribution < 1.29 is 49.3 Å². The fourth-order valence-electron chi connectivity index (χ4n) is 9.63.